The lowest BCUT2D eigenvalue weighted by Crippen LogP contribution is -2.15. The number of aryl methyl sites for hydroxylation is 1. The van der Waals surface area contributed by atoms with Crippen molar-refractivity contribution < 1.29 is 23.5 Å². The van der Waals surface area contributed by atoms with E-state index in [1.165, 1.54) is 32.9 Å². The van der Waals surface area contributed by atoms with Gasteiger partial charge >= 0.3 is 11.6 Å². The molecule has 2 aromatic rings. The van der Waals surface area contributed by atoms with Gasteiger partial charge in [-0.05, 0) is 12.5 Å². The summed E-state index contributed by atoms with van der Waals surface area (Å²) in [5.41, 5.74) is 0.321. The molecule has 0 aliphatic heterocycles. The average Bonchev–Trinajstić information content (AvgIpc) is 2.40. The SMILES string of the molecule is CC(=O)Nc1cc2oc(=O)cc(C)c2c(NC(C)=O)c1OC(C)=O. The molecule has 0 aliphatic carbocycles. The summed E-state index contributed by atoms with van der Waals surface area (Å²) in [7, 11) is 0. The van der Waals surface area contributed by atoms with Crippen molar-refractivity contribution in [2.45, 2.75) is 27.7 Å². The lowest BCUT2D eigenvalue weighted by Gasteiger charge is -2.17. The Morgan fingerprint density at radius 2 is 1.67 bits per heavy atom. The highest BCUT2D eigenvalue weighted by molar-refractivity contribution is 6.09. The summed E-state index contributed by atoms with van der Waals surface area (Å²) in [5, 5.41) is 5.46. The molecule has 1 aromatic heterocycles. The monoisotopic (exact) mass is 332 g/mol. The van der Waals surface area contributed by atoms with Crippen molar-refractivity contribution in [1.29, 1.82) is 0 Å². The third-order valence-corrected chi connectivity index (χ3v) is 3.04. The molecule has 1 aromatic carbocycles. The molecule has 0 radical (unpaired) electrons. The number of rotatable bonds is 3. The number of esters is 1. The topological polar surface area (TPSA) is 115 Å². The molecule has 0 saturated carbocycles. The normalized spacial score (nSPS) is 10.3. The molecule has 0 bridgehead atoms. The zero-order chi connectivity index (χ0) is 18.0. The highest BCUT2D eigenvalue weighted by Crippen LogP contribution is 2.41. The molecule has 0 unspecified atom stereocenters. The highest BCUT2D eigenvalue weighted by atomic mass is 16.5. The molecular formula is C16H16N2O6. The Bertz CT molecular complexity index is 913. The Balaban J connectivity index is 2.92. The lowest BCUT2D eigenvalue weighted by molar-refractivity contribution is -0.132. The van der Waals surface area contributed by atoms with Crippen LogP contribution in [-0.2, 0) is 14.4 Å². The maximum Gasteiger partial charge on any atom is 0.336 e. The van der Waals surface area contributed by atoms with Gasteiger partial charge in [0.2, 0.25) is 11.8 Å². The van der Waals surface area contributed by atoms with Gasteiger partial charge in [-0.25, -0.2) is 4.79 Å². The van der Waals surface area contributed by atoms with Crippen LogP contribution in [0.4, 0.5) is 11.4 Å². The van der Waals surface area contributed by atoms with E-state index in [4.69, 9.17) is 9.15 Å². The van der Waals surface area contributed by atoms with Crippen LogP contribution in [0.3, 0.4) is 0 Å². The first-order chi connectivity index (χ1) is 11.2. The quantitative estimate of drug-likeness (QED) is 0.504. The fraction of sp³-hybridized carbons (Fsp3) is 0.250. The van der Waals surface area contributed by atoms with Gasteiger partial charge in [0.25, 0.3) is 0 Å². The number of carbonyl (C=O) groups is 3. The number of hydrogen-bond donors (Lipinski definition) is 2. The summed E-state index contributed by atoms with van der Waals surface area (Å²) in [4.78, 5) is 46.0. The minimum absolute atomic E-state index is 0.0302. The van der Waals surface area contributed by atoms with E-state index >= 15 is 0 Å². The Kier molecular flexibility index (Phi) is 4.68. The Morgan fingerprint density at radius 3 is 2.21 bits per heavy atom. The maximum atomic E-state index is 11.6. The standard InChI is InChI=1S/C16H16N2O6/c1-7-5-13(22)24-12-6-11(17-8(2)19)16(23-10(4)21)15(14(7)12)18-9(3)20/h5-6H,1-4H3,(H,17,19)(H,18,20). The molecule has 1 heterocycles. The number of ether oxygens (including phenoxy) is 1. The van der Waals surface area contributed by atoms with Crippen molar-refractivity contribution in [3.8, 4) is 5.75 Å². The minimum Gasteiger partial charge on any atom is -0.423 e. The number of hydrogen-bond acceptors (Lipinski definition) is 6. The van der Waals surface area contributed by atoms with E-state index in [0.29, 0.717) is 10.9 Å². The van der Waals surface area contributed by atoms with Gasteiger partial charge in [0.15, 0.2) is 5.75 Å². The Hall–Kier alpha value is -3.16. The molecule has 0 saturated heterocycles. The second-order valence-corrected chi connectivity index (χ2v) is 5.21. The first-order valence-electron chi connectivity index (χ1n) is 7.04. The molecule has 2 amide bonds. The van der Waals surface area contributed by atoms with E-state index < -0.39 is 23.4 Å². The van der Waals surface area contributed by atoms with E-state index in [-0.39, 0.29) is 22.7 Å². The average molecular weight is 332 g/mol. The summed E-state index contributed by atoms with van der Waals surface area (Å²) >= 11 is 0. The van der Waals surface area contributed by atoms with Crippen LogP contribution in [0.1, 0.15) is 26.3 Å². The summed E-state index contributed by atoms with van der Waals surface area (Å²) in [6, 6.07) is 2.62. The van der Waals surface area contributed by atoms with Gasteiger partial charge in [-0.1, -0.05) is 0 Å². The molecule has 2 rings (SSSR count). The van der Waals surface area contributed by atoms with Crippen LogP contribution in [-0.4, -0.2) is 17.8 Å². The lowest BCUT2D eigenvalue weighted by atomic mass is 10.1. The summed E-state index contributed by atoms with van der Waals surface area (Å²) in [5.74, 6) is -1.51. The zero-order valence-electron chi connectivity index (χ0n) is 13.6. The third kappa shape index (κ3) is 3.60. The zero-order valence-corrected chi connectivity index (χ0v) is 13.6. The van der Waals surface area contributed by atoms with E-state index in [2.05, 4.69) is 10.6 Å². The number of nitrogens with one attached hydrogen (secondary N) is 2. The molecule has 2 N–H and O–H groups in total. The molecule has 0 fully saturated rings. The van der Waals surface area contributed by atoms with Crippen LogP contribution in [0, 0.1) is 6.92 Å². The second kappa shape index (κ2) is 6.53. The van der Waals surface area contributed by atoms with Gasteiger partial charge in [0.1, 0.15) is 5.58 Å². The minimum atomic E-state index is -0.636. The van der Waals surface area contributed by atoms with E-state index in [1.807, 2.05) is 0 Å². The number of fused-ring (bicyclic) bond motifs is 1. The maximum absolute atomic E-state index is 11.6. The molecule has 8 nitrogen and oxygen atoms in total. The predicted molar refractivity (Wildman–Crippen MR) is 87.1 cm³/mol. The van der Waals surface area contributed by atoms with Gasteiger partial charge < -0.3 is 19.8 Å². The van der Waals surface area contributed by atoms with Gasteiger partial charge in [-0.15, -0.1) is 0 Å². The van der Waals surface area contributed by atoms with Crippen LogP contribution >= 0.6 is 0 Å². The molecule has 8 heteroatoms. The molecule has 126 valence electrons. The Morgan fingerprint density at radius 1 is 1.04 bits per heavy atom. The number of carbonyl (C=O) groups excluding carboxylic acids is 3. The third-order valence-electron chi connectivity index (χ3n) is 3.04. The van der Waals surface area contributed by atoms with Gasteiger partial charge in [0, 0.05) is 38.3 Å². The van der Waals surface area contributed by atoms with Crippen molar-refractivity contribution in [2.24, 2.45) is 0 Å². The van der Waals surface area contributed by atoms with Gasteiger partial charge in [0.05, 0.1) is 11.4 Å². The molecule has 0 spiro atoms. The van der Waals surface area contributed by atoms with Crippen LogP contribution in [0.5, 0.6) is 5.75 Å². The van der Waals surface area contributed by atoms with Gasteiger partial charge in [-0.2, -0.15) is 0 Å². The van der Waals surface area contributed by atoms with Gasteiger partial charge in [-0.3, -0.25) is 14.4 Å². The highest BCUT2D eigenvalue weighted by Gasteiger charge is 2.21. The van der Waals surface area contributed by atoms with Crippen LogP contribution < -0.4 is 21.0 Å². The molecule has 24 heavy (non-hydrogen) atoms. The van der Waals surface area contributed by atoms with Crippen molar-refractivity contribution in [3.63, 3.8) is 0 Å². The van der Waals surface area contributed by atoms with Crippen molar-refractivity contribution in [1.82, 2.24) is 0 Å². The first-order valence-corrected chi connectivity index (χ1v) is 7.04. The fourth-order valence-electron chi connectivity index (χ4n) is 2.33. The van der Waals surface area contributed by atoms with Crippen LogP contribution in [0.2, 0.25) is 0 Å². The molecular weight excluding hydrogens is 316 g/mol. The summed E-state index contributed by atoms with van der Waals surface area (Å²) in [6.45, 7) is 5.40. The van der Waals surface area contributed by atoms with Crippen molar-refractivity contribution >= 4 is 40.1 Å². The first kappa shape index (κ1) is 17.2. The molecule has 0 aliphatic rings. The van der Waals surface area contributed by atoms with E-state index in [1.54, 1.807) is 6.92 Å². The number of amides is 2. The predicted octanol–water partition coefficient (Wildman–Crippen LogP) is 1.94. The van der Waals surface area contributed by atoms with Crippen LogP contribution in [0.15, 0.2) is 21.3 Å². The largest absolute Gasteiger partial charge is 0.423 e. The fourth-order valence-corrected chi connectivity index (χ4v) is 2.33. The summed E-state index contributed by atoms with van der Waals surface area (Å²) in [6.07, 6.45) is 0. The number of anilines is 2. The van der Waals surface area contributed by atoms with E-state index in [0.717, 1.165) is 0 Å². The Labute approximate surface area is 136 Å². The summed E-state index contributed by atoms with van der Waals surface area (Å²) < 4.78 is 10.3. The molecule has 0 atom stereocenters. The second-order valence-electron chi connectivity index (χ2n) is 5.21. The number of benzene rings is 1. The smallest absolute Gasteiger partial charge is 0.336 e. The van der Waals surface area contributed by atoms with Crippen molar-refractivity contribution in [3.05, 3.63) is 28.1 Å². The van der Waals surface area contributed by atoms with E-state index in [9.17, 15) is 19.2 Å². The van der Waals surface area contributed by atoms with Crippen LogP contribution in [0.25, 0.3) is 11.0 Å². The van der Waals surface area contributed by atoms with Crippen molar-refractivity contribution in [2.75, 3.05) is 10.6 Å².